The number of benzene rings is 1. The number of likely N-dealkylation sites (tertiary alicyclic amines) is 1. The quantitative estimate of drug-likeness (QED) is 0.539. The Morgan fingerprint density at radius 2 is 1.62 bits per heavy atom. The maximum Gasteiger partial charge on any atom is 0.243 e. The molecule has 3 amide bonds. The molecular weight excluding hydrogens is 364 g/mol. The molecule has 0 saturated carbocycles. The number of allylic oxidation sites excluding steroid dienone is 2. The smallest absolute Gasteiger partial charge is 0.243 e. The van der Waals surface area contributed by atoms with Gasteiger partial charge < -0.3 is 5.32 Å². The summed E-state index contributed by atoms with van der Waals surface area (Å²) in [5.41, 5.74) is 1.24. The zero-order valence-corrected chi connectivity index (χ0v) is 17.6. The minimum Gasteiger partial charge on any atom is -0.354 e. The predicted molar refractivity (Wildman–Crippen MR) is 113 cm³/mol. The van der Waals surface area contributed by atoms with Crippen molar-refractivity contribution in [1.29, 1.82) is 0 Å². The third-order valence-electron chi connectivity index (χ3n) is 6.10. The van der Waals surface area contributed by atoms with Crippen molar-refractivity contribution in [3.05, 3.63) is 48.0 Å². The van der Waals surface area contributed by atoms with Crippen LogP contribution in [0.4, 0.5) is 0 Å². The van der Waals surface area contributed by atoms with E-state index in [0.29, 0.717) is 31.7 Å². The summed E-state index contributed by atoms with van der Waals surface area (Å²) >= 11 is 0. The topological polar surface area (TPSA) is 66.5 Å². The van der Waals surface area contributed by atoms with E-state index in [9.17, 15) is 14.4 Å². The summed E-state index contributed by atoms with van der Waals surface area (Å²) < 4.78 is 0. The minimum atomic E-state index is -0.715. The molecule has 1 saturated heterocycles. The van der Waals surface area contributed by atoms with Crippen LogP contribution >= 0.6 is 0 Å². The van der Waals surface area contributed by atoms with Crippen molar-refractivity contribution in [3.63, 3.8) is 0 Å². The molecule has 1 aliphatic carbocycles. The van der Waals surface area contributed by atoms with Crippen LogP contribution < -0.4 is 5.32 Å². The Hall–Kier alpha value is -2.43. The summed E-state index contributed by atoms with van der Waals surface area (Å²) in [7, 11) is 0. The predicted octanol–water partition coefficient (Wildman–Crippen LogP) is 3.66. The van der Waals surface area contributed by atoms with Gasteiger partial charge in [-0.25, -0.2) is 0 Å². The molecule has 1 aromatic carbocycles. The molecule has 0 aromatic heterocycles. The van der Waals surface area contributed by atoms with Crippen molar-refractivity contribution < 1.29 is 14.4 Å². The number of fused-ring (bicyclic) bond motifs is 1. The van der Waals surface area contributed by atoms with E-state index in [-0.39, 0.29) is 35.5 Å². The molecule has 1 fully saturated rings. The van der Waals surface area contributed by atoms with Crippen molar-refractivity contribution in [2.45, 2.75) is 58.4 Å². The zero-order chi connectivity index (χ0) is 21.0. The Labute approximate surface area is 173 Å². The largest absolute Gasteiger partial charge is 0.354 e. The Balaban J connectivity index is 1.64. The monoisotopic (exact) mass is 396 g/mol. The molecule has 1 N–H and O–H groups in total. The third-order valence-corrected chi connectivity index (χ3v) is 6.10. The molecule has 4 unspecified atom stereocenters. The molecule has 156 valence electrons. The van der Waals surface area contributed by atoms with Crippen LogP contribution in [-0.4, -0.2) is 35.2 Å². The highest BCUT2D eigenvalue weighted by Crippen LogP contribution is 2.37. The number of amides is 3. The van der Waals surface area contributed by atoms with Crippen molar-refractivity contribution in [1.82, 2.24) is 10.2 Å². The van der Waals surface area contributed by atoms with Crippen molar-refractivity contribution in [2.75, 3.05) is 6.54 Å². The van der Waals surface area contributed by atoms with E-state index in [1.165, 1.54) is 10.5 Å². The first kappa shape index (κ1) is 21.3. The fourth-order valence-electron chi connectivity index (χ4n) is 4.39. The summed E-state index contributed by atoms with van der Waals surface area (Å²) in [6.07, 6.45) is 6.43. The maximum atomic E-state index is 13.0. The second kappa shape index (κ2) is 9.38. The number of hydrogen-bond donors (Lipinski definition) is 1. The zero-order valence-electron chi connectivity index (χ0n) is 17.6. The van der Waals surface area contributed by atoms with Crippen LogP contribution in [0.2, 0.25) is 0 Å². The van der Waals surface area contributed by atoms with E-state index >= 15 is 0 Å². The van der Waals surface area contributed by atoms with Crippen LogP contribution in [0.1, 0.15) is 57.9 Å². The fourth-order valence-corrected chi connectivity index (χ4v) is 4.39. The third kappa shape index (κ3) is 4.77. The van der Waals surface area contributed by atoms with Crippen molar-refractivity contribution in [2.24, 2.45) is 17.8 Å². The van der Waals surface area contributed by atoms with Gasteiger partial charge in [0.05, 0.1) is 11.8 Å². The molecule has 5 nitrogen and oxygen atoms in total. The first-order valence-electron chi connectivity index (χ1n) is 10.7. The summed E-state index contributed by atoms with van der Waals surface area (Å²) in [4.78, 5) is 40.2. The van der Waals surface area contributed by atoms with Gasteiger partial charge in [0, 0.05) is 6.54 Å². The maximum absolute atomic E-state index is 13.0. The van der Waals surface area contributed by atoms with Crippen LogP contribution in [0, 0.1) is 17.8 Å². The van der Waals surface area contributed by atoms with Crippen LogP contribution in [-0.2, 0) is 14.4 Å². The van der Waals surface area contributed by atoms with Gasteiger partial charge in [0.15, 0.2) is 0 Å². The van der Waals surface area contributed by atoms with Gasteiger partial charge in [0.25, 0.3) is 0 Å². The first-order valence-corrected chi connectivity index (χ1v) is 10.7. The second-order valence-electron chi connectivity index (χ2n) is 8.74. The standard InChI is InChI=1S/C24H32N2O3/c1-16(2)15-21(26-23(28)19-11-7-8-12-20(19)24(26)29)22(27)25-14-13-17(3)18-9-5-4-6-10-18/h4-10,16-17,19-21H,11-15H2,1-3H3,(H,25,27). The number of nitrogens with one attached hydrogen (secondary N) is 1. The number of rotatable bonds is 8. The summed E-state index contributed by atoms with van der Waals surface area (Å²) in [5, 5.41) is 2.99. The molecule has 29 heavy (non-hydrogen) atoms. The van der Waals surface area contributed by atoms with Gasteiger partial charge >= 0.3 is 0 Å². The summed E-state index contributed by atoms with van der Waals surface area (Å²) in [6.45, 7) is 6.68. The van der Waals surface area contributed by atoms with Crippen LogP contribution in [0.25, 0.3) is 0 Å². The lowest BCUT2D eigenvalue weighted by atomic mass is 9.85. The second-order valence-corrected chi connectivity index (χ2v) is 8.74. The minimum absolute atomic E-state index is 0.178. The first-order chi connectivity index (χ1) is 13.9. The van der Waals surface area contributed by atoms with E-state index in [1.54, 1.807) is 0 Å². The Morgan fingerprint density at radius 3 is 2.17 bits per heavy atom. The Morgan fingerprint density at radius 1 is 1.03 bits per heavy atom. The van der Waals surface area contributed by atoms with Crippen LogP contribution in [0.3, 0.4) is 0 Å². The molecule has 1 aromatic rings. The molecule has 1 heterocycles. The van der Waals surface area contributed by atoms with Gasteiger partial charge in [-0.05, 0) is 43.1 Å². The number of hydrogen-bond acceptors (Lipinski definition) is 3. The highest BCUT2D eigenvalue weighted by molar-refractivity contribution is 6.08. The van der Waals surface area contributed by atoms with E-state index in [2.05, 4.69) is 24.4 Å². The van der Waals surface area contributed by atoms with Gasteiger partial charge in [0.1, 0.15) is 6.04 Å². The molecule has 0 bridgehead atoms. The normalized spacial score (nSPS) is 23.2. The SMILES string of the molecule is CC(C)CC(C(=O)NCCC(C)c1ccccc1)N1C(=O)C2CC=CCC2C1=O. The highest BCUT2D eigenvalue weighted by atomic mass is 16.2. The molecular formula is C24H32N2O3. The lowest BCUT2D eigenvalue weighted by Gasteiger charge is -2.27. The Kier molecular flexibility index (Phi) is 6.88. The average Bonchev–Trinajstić information content (AvgIpc) is 2.97. The molecule has 1 aliphatic heterocycles. The van der Waals surface area contributed by atoms with Crippen molar-refractivity contribution >= 4 is 17.7 Å². The molecule has 2 aliphatic rings. The number of carbonyl (C=O) groups is 3. The van der Waals surface area contributed by atoms with Crippen molar-refractivity contribution in [3.8, 4) is 0 Å². The number of carbonyl (C=O) groups excluding carboxylic acids is 3. The lowest BCUT2D eigenvalue weighted by Crippen LogP contribution is -2.50. The van der Waals surface area contributed by atoms with E-state index in [0.717, 1.165) is 6.42 Å². The van der Waals surface area contributed by atoms with Gasteiger partial charge in [-0.1, -0.05) is 63.3 Å². The van der Waals surface area contributed by atoms with Gasteiger partial charge in [0.2, 0.25) is 17.7 Å². The van der Waals surface area contributed by atoms with Crippen LogP contribution in [0.15, 0.2) is 42.5 Å². The van der Waals surface area contributed by atoms with Gasteiger partial charge in [-0.15, -0.1) is 0 Å². The molecule has 3 rings (SSSR count). The number of nitrogens with zero attached hydrogens (tertiary/aromatic N) is 1. The summed E-state index contributed by atoms with van der Waals surface area (Å²) in [5.74, 6) is -0.640. The lowest BCUT2D eigenvalue weighted by molar-refractivity contribution is -0.148. The fraction of sp³-hybridized carbons (Fsp3) is 0.542. The molecule has 0 radical (unpaired) electrons. The molecule has 4 atom stereocenters. The van der Waals surface area contributed by atoms with Gasteiger partial charge in [-0.3, -0.25) is 19.3 Å². The molecule has 0 spiro atoms. The number of imide groups is 1. The van der Waals surface area contributed by atoms with E-state index in [4.69, 9.17) is 0 Å². The van der Waals surface area contributed by atoms with E-state index < -0.39 is 6.04 Å². The highest BCUT2D eigenvalue weighted by Gasteiger charge is 2.51. The van der Waals surface area contributed by atoms with E-state index in [1.807, 2.05) is 44.2 Å². The Bertz CT molecular complexity index is 746. The molecule has 5 heteroatoms. The average molecular weight is 397 g/mol. The van der Waals surface area contributed by atoms with Crippen LogP contribution in [0.5, 0.6) is 0 Å². The van der Waals surface area contributed by atoms with Gasteiger partial charge in [-0.2, -0.15) is 0 Å². The summed E-state index contributed by atoms with van der Waals surface area (Å²) in [6, 6.07) is 9.49.